The van der Waals surface area contributed by atoms with Crippen molar-refractivity contribution < 1.29 is 9.59 Å². The van der Waals surface area contributed by atoms with Crippen LogP contribution in [0.2, 0.25) is 5.02 Å². The molecule has 0 aromatic heterocycles. The summed E-state index contributed by atoms with van der Waals surface area (Å²) in [6.07, 6.45) is 3.74. The monoisotopic (exact) mass is 403 g/mol. The van der Waals surface area contributed by atoms with Crippen molar-refractivity contribution in [3.63, 3.8) is 0 Å². The lowest BCUT2D eigenvalue weighted by molar-refractivity contribution is -0.132. The molecule has 3 rings (SSSR count). The van der Waals surface area contributed by atoms with Gasteiger partial charge in [-0.1, -0.05) is 17.7 Å². The van der Waals surface area contributed by atoms with Gasteiger partial charge in [0.1, 0.15) is 5.57 Å². The summed E-state index contributed by atoms with van der Waals surface area (Å²) in [5, 5.41) is 0.666. The number of halogens is 1. The zero-order chi connectivity index (χ0) is 20.3. The lowest BCUT2D eigenvalue weighted by Gasteiger charge is -2.41. The van der Waals surface area contributed by atoms with Crippen molar-refractivity contribution in [3.8, 4) is 0 Å². The fourth-order valence-corrected chi connectivity index (χ4v) is 3.81. The van der Waals surface area contributed by atoms with Gasteiger partial charge in [-0.2, -0.15) is 0 Å². The number of fused-ring (bicyclic) bond motifs is 1. The number of allylic oxidation sites excluding steroid dienone is 1. The van der Waals surface area contributed by atoms with Gasteiger partial charge in [0.05, 0.1) is 5.54 Å². The van der Waals surface area contributed by atoms with E-state index in [0.29, 0.717) is 10.6 Å². The molecule has 1 aromatic rings. The smallest absolute Gasteiger partial charge is 0.265 e. The second-order valence-corrected chi connectivity index (χ2v) is 8.27. The second-order valence-electron chi connectivity index (χ2n) is 7.50. The Morgan fingerprint density at radius 3 is 2.19 bits per heavy atom. The van der Waals surface area contributed by atoms with Crippen LogP contribution in [0.4, 0.5) is 5.69 Å². The number of thiocarbonyl (C=S) groups is 1. The summed E-state index contributed by atoms with van der Waals surface area (Å²) in [6.45, 7) is 6.32. The molecule has 1 saturated heterocycles. The number of amides is 2. The van der Waals surface area contributed by atoms with Crippen LogP contribution in [-0.4, -0.2) is 53.4 Å². The van der Waals surface area contributed by atoms with Gasteiger partial charge in [0.2, 0.25) is 0 Å². The maximum absolute atomic E-state index is 12.6. The van der Waals surface area contributed by atoms with Gasteiger partial charge in [-0.15, -0.1) is 0 Å². The first-order valence-corrected chi connectivity index (χ1v) is 9.33. The third kappa shape index (κ3) is 3.07. The molecule has 27 heavy (non-hydrogen) atoms. The summed E-state index contributed by atoms with van der Waals surface area (Å²) < 4.78 is 0. The fraction of sp³-hybridized carbons (Fsp3) is 0.350. The van der Waals surface area contributed by atoms with E-state index in [9.17, 15) is 9.59 Å². The van der Waals surface area contributed by atoms with Crippen molar-refractivity contribution in [2.24, 2.45) is 0 Å². The standard InChI is InChI=1S/C20H22ClN3O2S/c1-11-10-20(2,3)24(6)16-9-15(21)12(7-13(11)16)8-14-17(25)22(4)19(27)23(5)18(14)26/h7-10H,1-6H3. The SMILES string of the molecule is CC1=CC(C)(C)N(C)c2cc(Cl)c(C=C3C(=O)N(C)C(=S)N(C)C3=O)cc21. The molecular formula is C20H22ClN3O2S. The molecule has 0 atom stereocenters. The molecule has 0 spiro atoms. The van der Waals surface area contributed by atoms with Crippen molar-refractivity contribution in [1.29, 1.82) is 0 Å². The van der Waals surface area contributed by atoms with Gasteiger partial charge < -0.3 is 4.90 Å². The average Bonchev–Trinajstić information content (AvgIpc) is 2.60. The number of carbonyl (C=O) groups is 2. The summed E-state index contributed by atoms with van der Waals surface area (Å²) >= 11 is 11.6. The molecule has 2 aliphatic rings. The average molecular weight is 404 g/mol. The quantitative estimate of drug-likeness (QED) is 0.408. The van der Waals surface area contributed by atoms with Crippen LogP contribution < -0.4 is 4.90 Å². The van der Waals surface area contributed by atoms with Crippen LogP contribution >= 0.6 is 23.8 Å². The summed E-state index contributed by atoms with van der Waals surface area (Å²) in [5.74, 6) is -0.857. The van der Waals surface area contributed by atoms with E-state index in [1.54, 1.807) is 20.2 Å². The maximum atomic E-state index is 12.6. The lowest BCUT2D eigenvalue weighted by atomic mass is 9.88. The first-order valence-electron chi connectivity index (χ1n) is 8.54. The summed E-state index contributed by atoms with van der Waals surface area (Å²) in [7, 11) is 5.13. The molecule has 142 valence electrons. The summed E-state index contributed by atoms with van der Waals surface area (Å²) in [6, 6.07) is 3.81. The minimum absolute atomic E-state index is 0.0431. The van der Waals surface area contributed by atoms with Crippen molar-refractivity contribution in [2.75, 3.05) is 26.0 Å². The molecule has 1 aromatic carbocycles. The molecule has 2 heterocycles. The van der Waals surface area contributed by atoms with E-state index >= 15 is 0 Å². The first-order chi connectivity index (χ1) is 12.5. The van der Waals surface area contributed by atoms with Gasteiger partial charge in [-0.3, -0.25) is 19.4 Å². The minimum Gasteiger partial charge on any atom is -0.365 e. The number of carbonyl (C=O) groups excluding carboxylic acids is 2. The predicted octanol–water partition coefficient (Wildman–Crippen LogP) is 3.57. The molecule has 0 unspecified atom stereocenters. The van der Waals surface area contributed by atoms with E-state index in [2.05, 4.69) is 31.7 Å². The van der Waals surface area contributed by atoms with Crippen LogP contribution in [-0.2, 0) is 9.59 Å². The number of likely N-dealkylation sites (N-methyl/N-ethyl adjacent to an activating group) is 3. The van der Waals surface area contributed by atoms with E-state index in [0.717, 1.165) is 16.8 Å². The van der Waals surface area contributed by atoms with E-state index < -0.39 is 11.8 Å². The molecule has 5 nitrogen and oxygen atoms in total. The van der Waals surface area contributed by atoms with Gasteiger partial charge in [-0.25, -0.2) is 0 Å². The predicted molar refractivity (Wildman–Crippen MR) is 114 cm³/mol. The van der Waals surface area contributed by atoms with Gasteiger partial charge in [0.15, 0.2) is 5.11 Å². The van der Waals surface area contributed by atoms with E-state index in [4.69, 9.17) is 23.8 Å². The molecule has 1 fully saturated rings. The fourth-order valence-electron chi connectivity index (χ4n) is 3.43. The van der Waals surface area contributed by atoms with Crippen LogP contribution in [0, 0.1) is 0 Å². The largest absolute Gasteiger partial charge is 0.365 e. The summed E-state index contributed by atoms with van der Waals surface area (Å²) in [4.78, 5) is 29.9. The Kier molecular flexibility index (Phi) is 4.68. The number of nitrogens with zero attached hydrogens (tertiary/aromatic N) is 3. The van der Waals surface area contributed by atoms with E-state index in [1.807, 2.05) is 19.2 Å². The van der Waals surface area contributed by atoms with Crippen LogP contribution in [0.15, 0.2) is 23.8 Å². The van der Waals surface area contributed by atoms with Crippen LogP contribution in [0.25, 0.3) is 11.6 Å². The topological polar surface area (TPSA) is 43.9 Å². The highest BCUT2D eigenvalue weighted by molar-refractivity contribution is 7.80. The second kappa shape index (κ2) is 6.46. The molecule has 7 heteroatoms. The highest BCUT2D eigenvalue weighted by atomic mass is 35.5. The molecular weight excluding hydrogens is 382 g/mol. The Morgan fingerprint density at radius 1 is 1.07 bits per heavy atom. The van der Waals surface area contributed by atoms with E-state index in [-0.39, 0.29) is 16.2 Å². The molecule has 0 bridgehead atoms. The maximum Gasteiger partial charge on any atom is 0.265 e. The molecule has 0 aliphatic carbocycles. The van der Waals surface area contributed by atoms with Crippen molar-refractivity contribution in [2.45, 2.75) is 26.3 Å². The number of anilines is 1. The highest BCUT2D eigenvalue weighted by Crippen LogP contribution is 2.41. The summed E-state index contributed by atoms with van der Waals surface area (Å²) in [5.41, 5.74) is 3.71. The number of hydrogen-bond donors (Lipinski definition) is 0. The zero-order valence-corrected chi connectivity index (χ0v) is 17.8. The Morgan fingerprint density at radius 2 is 1.63 bits per heavy atom. The van der Waals surface area contributed by atoms with Crippen molar-refractivity contribution in [3.05, 3.63) is 39.9 Å². The van der Waals surface area contributed by atoms with Crippen LogP contribution in [0.1, 0.15) is 31.9 Å². The Balaban J connectivity index is 2.13. The highest BCUT2D eigenvalue weighted by Gasteiger charge is 2.36. The van der Waals surface area contributed by atoms with Crippen LogP contribution in [0.5, 0.6) is 0 Å². The lowest BCUT2D eigenvalue weighted by Crippen LogP contribution is -2.52. The molecule has 0 N–H and O–H groups in total. The molecule has 2 aliphatic heterocycles. The van der Waals surface area contributed by atoms with Crippen LogP contribution in [0.3, 0.4) is 0 Å². The molecule has 0 saturated carbocycles. The van der Waals surface area contributed by atoms with Gasteiger partial charge in [-0.05, 0) is 62.3 Å². The minimum atomic E-state index is -0.428. The molecule has 2 amide bonds. The number of hydrogen-bond acceptors (Lipinski definition) is 4. The Hall–Kier alpha value is -2.18. The Labute approximate surface area is 169 Å². The normalized spacial score (nSPS) is 19.4. The Bertz CT molecular complexity index is 923. The van der Waals surface area contributed by atoms with Gasteiger partial charge in [0.25, 0.3) is 11.8 Å². The van der Waals surface area contributed by atoms with Gasteiger partial charge >= 0.3 is 0 Å². The van der Waals surface area contributed by atoms with Crippen molar-refractivity contribution >= 4 is 58.1 Å². The van der Waals surface area contributed by atoms with E-state index in [1.165, 1.54) is 9.80 Å². The number of benzene rings is 1. The third-order valence-electron chi connectivity index (χ3n) is 5.28. The zero-order valence-electron chi connectivity index (χ0n) is 16.3. The first kappa shape index (κ1) is 19.6. The molecule has 0 radical (unpaired) electrons. The third-order valence-corrected chi connectivity index (χ3v) is 6.15. The van der Waals surface area contributed by atoms with Crippen molar-refractivity contribution in [1.82, 2.24) is 9.80 Å². The van der Waals surface area contributed by atoms with Gasteiger partial charge in [0, 0.05) is 37.4 Å². The number of rotatable bonds is 1.